The van der Waals surface area contributed by atoms with Crippen LogP contribution in [0, 0.1) is 6.07 Å². The maximum atomic E-state index is 11.2. The van der Waals surface area contributed by atoms with Crippen LogP contribution in [-0.4, -0.2) is 18.2 Å². The summed E-state index contributed by atoms with van der Waals surface area (Å²) in [7, 11) is 0. The van der Waals surface area contributed by atoms with Crippen molar-refractivity contribution in [2.24, 2.45) is 0 Å². The highest BCUT2D eigenvalue weighted by Gasteiger charge is 1.99. The van der Waals surface area contributed by atoms with Crippen LogP contribution in [-0.2, 0) is 11.2 Å². The van der Waals surface area contributed by atoms with Crippen molar-refractivity contribution in [2.45, 2.75) is 19.3 Å². The summed E-state index contributed by atoms with van der Waals surface area (Å²) in [5, 5.41) is 2.88. The van der Waals surface area contributed by atoms with Crippen LogP contribution in [0.2, 0.25) is 0 Å². The predicted octanol–water partition coefficient (Wildman–Crippen LogP) is 1.86. The normalized spacial score (nSPS) is 9.93. The van der Waals surface area contributed by atoms with Crippen molar-refractivity contribution in [3.05, 3.63) is 35.9 Å². The van der Waals surface area contributed by atoms with Crippen LogP contribution < -0.4 is 5.32 Å². The van der Waals surface area contributed by atoms with E-state index < -0.39 is 0 Å². The summed E-state index contributed by atoms with van der Waals surface area (Å²) in [6.07, 6.45) is 2.29. The average Bonchev–Trinajstić information content (AvgIpc) is 2.28. The van der Waals surface area contributed by atoms with Gasteiger partial charge in [0.2, 0.25) is 5.91 Å². The van der Waals surface area contributed by atoms with Crippen LogP contribution in [0.1, 0.15) is 18.4 Å². The highest BCUT2D eigenvalue weighted by molar-refractivity contribution is 7.80. The minimum atomic E-state index is 0.117. The summed E-state index contributed by atoms with van der Waals surface area (Å²) >= 11 is 4.06. The zero-order valence-corrected chi connectivity index (χ0v) is 9.59. The number of nitrogens with one attached hydrogen (secondary N) is 1. The smallest absolute Gasteiger partial charge is 0.220 e. The number of benzene rings is 1. The molecule has 1 amide bonds. The van der Waals surface area contributed by atoms with Crippen molar-refractivity contribution in [1.29, 1.82) is 0 Å². The standard InChI is InChI=1S/C12H16NOS/c14-12(7-4-10-15)13-9-8-11-5-2-1-3-6-11/h2-3,5-6,15H,4,7-10H2,(H,13,14). The molecule has 0 unspecified atom stereocenters. The van der Waals surface area contributed by atoms with Crippen LogP contribution >= 0.6 is 12.6 Å². The Morgan fingerprint density at radius 2 is 2.13 bits per heavy atom. The van der Waals surface area contributed by atoms with E-state index in [-0.39, 0.29) is 5.91 Å². The topological polar surface area (TPSA) is 29.1 Å². The molecule has 1 rings (SSSR count). The molecule has 3 heteroatoms. The molecule has 1 aromatic rings. The Balaban J connectivity index is 2.14. The maximum absolute atomic E-state index is 11.2. The first kappa shape index (κ1) is 12.1. The number of carbonyl (C=O) groups excluding carboxylic acids is 1. The van der Waals surface area contributed by atoms with Gasteiger partial charge in [-0.3, -0.25) is 4.79 Å². The van der Waals surface area contributed by atoms with Crippen LogP contribution in [0.5, 0.6) is 0 Å². The molecule has 1 radical (unpaired) electrons. The molecule has 81 valence electrons. The molecule has 0 bridgehead atoms. The van der Waals surface area contributed by atoms with E-state index in [2.05, 4.69) is 24.0 Å². The lowest BCUT2D eigenvalue weighted by molar-refractivity contribution is -0.121. The van der Waals surface area contributed by atoms with E-state index in [4.69, 9.17) is 0 Å². The number of thiol groups is 1. The van der Waals surface area contributed by atoms with Gasteiger partial charge in [-0.05, 0) is 30.2 Å². The molecular weight excluding hydrogens is 206 g/mol. The first-order valence-electron chi connectivity index (χ1n) is 5.15. The van der Waals surface area contributed by atoms with Crippen LogP contribution in [0.4, 0.5) is 0 Å². The SMILES string of the molecule is O=C(CCCS)NCCc1cc[c]cc1. The lowest BCUT2D eigenvalue weighted by Gasteiger charge is -2.04. The van der Waals surface area contributed by atoms with Crippen molar-refractivity contribution in [3.8, 4) is 0 Å². The summed E-state index contributed by atoms with van der Waals surface area (Å²) in [6, 6.07) is 10.8. The molecule has 2 nitrogen and oxygen atoms in total. The highest BCUT2D eigenvalue weighted by atomic mass is 32.1. The highest BCUT2D eigenvalue weighted by Crippen LogP contribution is 1.98. The van der Waals surface area contributed by atoms with Gasteiger partial charge >= 0.3 is 0 Å². The van der Waals surface area contributed by atoms with Gasteiger partial charge in [0, 0.05) is 13.0 Å². The van der Waals surface area contributed by atoms with E-state index in [1.165, 1.54) is 5.56 Å². The maximum Gasteiger partial charge on any atom is 0.220 e. The zero-order chi connectivity index (χ0) is 10.9. The fraction of sp³-hybridized carbons (Fsp3) is 0.417. The molecular formula is C12H16NOS. The molecule has 0 aliphatic rings. The van der Waals surface area contributed by atoms with Crippen molar-refractivity contribution in [1.82, 2.24) is 5.32 Å². The molecule has 0 fully saturated rings. The molecule has 0 spiro atoms. The second-order valence-electron chi connectivity index (χ2n) is 3.34. The van der Waals surface area contributed by atoms with E-state index in [1.54, 1.807) is 0 Å². The van der Waals surface area contributed by atoms with Crippen LogP contribution in [0.3, 0.4) is 0 Å². The van der Waals surface area contributed by atoms with Crippen LogP contribution in [0.15, 0.2) is 24.3 Å². The third-order valence-corrected chi connectivity index (χ3v) is 2.40. The van der Waals surface area contributed by atoms with Crippen molar-refractivity contribution >= 4 is 18.5 Å². The molecule has 0 aliphatic heterocycles. The van der Waals surface area contributed by atoms with Crippen molar-refractivity contribution in [2.75, 3.05) is 12.3 Å². The number of hydrogen-bond acceptors (Lipinski definition) is 2. The van der Waals surface area contributed by atoms with E-state index >= 15 is 0 Å². The summed E-state index contributed by atoms with van der Waals surface area (Å²) in [5.41, 5.74) is 1.23. The lowest BCUT2D eigenvalue weighted by Crippen LogP contribution is -2.25. The molecule has 0 aliphatic carbocycles. The fourth-order valence-corrected chi connectivity index (χ4v) is 1.42. The van der Waals surface area contributed by atoms with E-state index in [1.807, 2.05) is 24.3 Å². The van der Waals surface area contributed by atoms with Gasteiger partial charge in [0.05, 0.1) is 0 Å². The van der Waals surface area contributed by atoms with Crippen LogP contribution in [0.25, 0.3) is 0 Å². The van der Waals surface area contributed by atoms with E-state index in [0.717, 1.165) is 18.6 Å². The van der Waals surface area contributed by atoms with E-state index in [9.17, 15) is 4.79 Å². The van der Waals surface area contributed by atoms with Gasteiger partial charge in [-0.25, -0.2) is 0 Å². The van der Waals surface area contributed by atoms with Crippen molar-refractivity contribution < 1.29 is 4.79 Å². The molecule has 0 atom stereocenters. The average molecular weight is 222 g/mol. The van der Waals surface area contributed by atoms with Gasteiger partial charge in [-0.2, -0.15) is 12.6 Å². The van der Waals surface area contributed by atoms with Crippen molar-refractivity contribution in [3.63, 3.8) is 0 Å². The van der Waals surface area contributed by atoms with E-state index in [0.29, 0.717) is 13.0 Å². The number of carbonyl (C=O) groups is 1. The summed E-state index contributed by atoms with van der Waals surface area (Å²) in [5.74, 6) is 0.883. The Morgan fingerprint density at radius 1 is 1.40 bits per heavy atom. The Bertz CT molecular complexity index is 287. The first-order valence-corrected chi connectivity index (χ1v) is 5.78. The van der Waals surface area contributed by atoms with Gasteiger partial charge in [-0.1, -0.05) is 24.3 Å². The van der Waals surface area contributed by atoms with Gasteiger partial charge < -0.3 is 5.32 Å². The second kappa shape index (κ2) is 7.35. The number of hydrogen-bond donors (Lipinski definition) is 2. The summed E-state index contributed by atoms with van der Waals surface area (Å²) in [4.78, 5) is 11.2. The number of rotatable bonds is 6. The summed E-state index contributed by atoms with van der Waals surface area (Å²) < 4.78 is 0. The van der Waals surface area contributed by atoms with Gasteiger partial charge in [-0.15, -0.1) is 0 Å². The Hall–Kier alpha value is -0.960. The molecule has 1 aromatic carbocycles. The largest absolute Gasteiger partial charge is 0.356 e. The first-order chi connectivity index (χ1) is 7.33. The van der Waals surface area contributed by atoms with Gasteiger partial charge in [0.25, 0.3) is 0 Å². The summed E-state index contributed by atoms with van der Waals surface area (Å²) in [6.45, 7) is 0.704. The van der Waals surface area contributed by atoms with Gasteiger partial charge in [0.1, 0.15) is 0 Å². The third kappa shape index (κ3) is 5.47. The monoisotopic (exact) mass is 222 g/mol. The minimum Gasteiger partial charge on any atom is -0.356 e. The van der Waals surface area contributed by atoms with Gasteiger partial charge in [0.15, 0.2) is 0 Å². The lowest BCUT2D eigenvalue weighted by atomic mass is 10.1. The quantitative estimate of drug-likeness (QED) is 0.707. The second-order valence-corrected chi connectivity index (χ2v) is 3.78. The number of amides is 1. The Kier molecular flexibility index (Phi) is 5.93. The minimum absolute atomic E-state index is 0.117. The Labute approximate surface area is 96.5 Å². The molecule has 0 heterocycles. The molecule has 0 saturated heterocycles. The molecule has 15 heavy (non-hydrogen) atoms. The Morgan fingerprint density at radius 3 is 2.80 bits per heavy atom. The molecule has 1 N–H and O–H groups in total. The third-order valence-electron chi connectivity index (χ3n) is 2.09. The fourth-order valence-electron chi connectivity index (χ4n) is 1.26. The molecule has 0 aromatic heterocycles. The molecule has 0 saturated carbocycles. The zero-order valence-electron chi connectivity index (χ0n) is 8.70. The predicted molar refractivity (Wildman–Crippen MR) is 65.1 cm³/mol.